The summed E-state index contributed by atoms with van der Waals surface area (Å²) in [6, 6.07) is 47.1. The number of nitrogens with zero attached hydrogens (tertiary/aromatic N) is 6. The Morgan fingerprint density at radius 1 is 0.492 bits per heavy atom. The normalized spacial score (nSPS) is 10.9. The van der Waals surface area contributed by atoms with E-state index in [1.54, 1.807) is 36.4 Å². The van der Waals surface area contributed by atoms with Gasteiger partial charge in [0.25, 0.3) is 0 Å². The van der Waals surface area contributed by atoms with Crippen molar-refractivity contribution in [2.75, 3.05) is 0 Å². The van der Waals surface area contributed by atoms with Crippen LogP contribution in [0.15, 0.2) is 168 Å². The van der Waals surface area contributed by atoms with Crippen molar-refractivity contribution in [2.24, 2.45) is 9.98 Å². The molecule has 2 heterocycles. The number of aromatic hydroxyl groups is 2. The molecule has 0 aliphatic carbocycles. The van der Waals surface area contributed by atoms with Crippen LogP contribution in [-0.4, -0.2) is 64.4 Å². The van der Waals surface area contributed by atoms with E-state index in [0.29, 0.717) is 45.3 Å². The molecule has 61 heavy (non-hydrogen) atoms. The molecule has 0 unspecified atom stereocenters. The third-order valence-corrected chi connectivity index (χ3v) is 9.38. The zero-order valence-corrected chi connectivity index (χ0v) is 33.8. The van der Waals surface area contributed by atoms with Gasteiger partial charge in [-0.3, -0.25) is 9.98 Å². The van der Waals surface area contributed by atoms with Crippen LogP contribution in [0, 0.1) is 13.8 Å². The van der Waals surface area contributed by atoms with Gasteiger partial charge in [0.15, 0.2) is 0 Å². The number of aryl methyl sites for hydroxylation is 2. The summed E-state index contributed by atoms with van der Waals surface area (Å²) >= 11 is 0. The Labute approximate surface area is 361 Å². The van der Waals surface area contributed by atoms with Crippen molar-refractivity contribution in [3.05, 3.63) is 191 Å². The second-order valence-corrected chi connectivity index (χ2v) is 13.6. The van der Waals surface area contributed by atoms with Crippen molar-refractivity contribution in [3.63, 3.8) is 0 Å². The third kappa shape index (κ3) is 9.71. The Bertz CT molecular complexity index is 2660. The van der Waals surface area contributed by atoms with E-state index in [1.807, 2.05) is 123 Å². The fourth-order valence-corrected chi connectivity index (χ4v) is 6.23. The number of hydrogen-bond donors (Lipinski definition) is 4. The molecule has 0 saturated carbocycles. The summed E-state index contributed by atoms with van der Waals surface area (Å²) in [5, 5.41) is 49.9. The number of carboxylic acid groups (broad SMARTS) is 2. The van der Waals surface area contributed by atoms with Gasteiger partial charge in [0.1, 0.15) is 11.4 Å². The number of carboxylic acids is 2. The van der Waals surface area contributed by atoms with Gasteiger partial charge in [-0.2, -0.15) is 10.2 Å². The number of aromatic nitrogens is 4. The van der Waals surface area contributed by atoms with Crippen molar-refractivity contribution in [1.29, 1.82) is 0 Å². The molecule has 4 N–H and O–H groups in total. The van der Waals surface area contributed by atoms with E-state index in [9.17, 15) is 30.0 Å². The summed E-state index contributed by atoms with van der Waals surface area (Å²) in [4.78, 5) is 31.6. The number of aromatic carboxylic acids is 2. The number of para-hydroxylation sites is 4. The van der Waals surface area contributed by atoms with Crippen LogP contribution >= 0.6 is 0 Å². The van der Waals surface area contributed by atoms with E-state index in [1.165, 1.54) is 33.9 Å². The molecule has 0 amide bonds. The quantitative estimate of drug-likeness (QED) is 0.0983. The van der Waals surface area contributed by atoms with Gasteiger partial charge in [-0.15, -0.1) is 0 Å². The summed E-state index contributed by atoms with van der Waals surface area (Å²) in [5.41, 5.74) is 7.93. The number of aliphatic imine (C=N–C) groups is 2. The molecule has 0 aliphatic rings. The van der Waals surface area contributed by atoms with E-state index in [0.717, 1.165) is 22.3 Å². The molecule has 0 fully saturated rings. The van der Waals surface area contributed by atoms with E-state index >= 15 is 0 Å². The van der Waals surface area contributed by atoms with Crippen LogP contribution in [0.5, 0.6) is 11.8 Å². The Morgan fingerprint density at radius 2 is 0.820 bits per heavy atom. The predicted molar refractivity (Wildman–Crippen MR) is 232 cm³/mol. The molecule has 1 radical (unpaired) electrons. The van der Waals surface area contributed by atoms with E-state index in [2.05, 4.69) is 20.2 Å². The van der Waals surface area contributed by atoms with Gasteiger partial charge >= 0.3 is 11.9 Å². The van der Waals surface area contributed by atoms with Crippen LogP contribution in [0.4, 0.5) is 11.4 Å². The molecule has 6 aromatic carbocycles. The van der Waals surface area contributed by atoms with Crippen LogP contribution in [0.3, 0.4) is 0 Å². The van der Waals surface area contributed by atoms with Gasteiger partial charge in [-0.05, 0) is 62.4 Å². The van der Waals surface area contributed by atoms with Crippen LogP contribution < -0.4 is 0 Å². The molecule has 8 rings (SSSR count). The van der Waals surface area contributed by atoms with Crippen LogP contribution in [-0.2, 0) is 16.8 Å². The first-order chi connectivity index (χ1) is 29.1. The van der Waals surface area contributed by atoms with E-state index in [-0.39, 0.29) is 39.7 Å². The fraction of sp³-hybridized carbons (Fsp3) is 0.0417. The van der Waals surface area contributed by atoms with Gasteiger partial charge in [-0.25, -0.2) is 19.0 Å². The van der Waals surface area contributed by atoms with Crippen molar-refractivity contribution in [3.8, 4) is 45.6 Å². The molecule has 12 nitrogen and oxygen atoms in total. The smallest absolute Gasteiger partial charge is 0.337 e. The van der Waals surface area contributed by atoms with Crippen molar-refractivity contribution in [1.82, 2.24) is 19.6 Å². The predicted octanol–water partition coefficient (Wildman–Crippen LogP) is 10.0. The molecular formula is C48H38CoN6O6. The van der Waals surface area contributed by atoms with Crippen LogP contribution in [0.2, 0.25) is 0 Å². The second-order valence-electron chi connectivity index (χ2n) is 13.6. The van der Waals surface area contributed by atoms with E-state index in [4.69, 9.17) is 0 Å². The summed E-state index contributed by atoms with van der Waals surface area (Å²) in [5.74, 6) is -2.28. The van der Waals surface area contributed by atoms with Gasteiger partial charge in [0, 0.05) is 40.3 Å². The zero-order valence-electron chi connectivity index (χ0n) is 32.8. The first-order valence-electron chi connectivity index (χ1n) is 18.7. The number of rotatable bonds is 10. The average molecular weight is 854 g/mol. The molecule has 0 spiro atoms. The number of carbonyl (C=O) groups is 2. The van der Waals surface area contributed by atoms with Crippen LogP contribution in [0.25, 0.3) is 33.9 Å². The first kappa shape index (κ1) is 42.7. The number of hydrogen-bond acceptors (Lipinski definition) is 8. The number of benzene rings is 6. The fourth-order valence-electron chi connectivity index (χ4n) is 6.23. The summed E-state index contributed by atoms with van der Waals surface area (Å²) in [7, 11) is 0. The minimum Gasteiger partial charge on any atom is -0.493 e. The largest absolute Gasteiger partial charge is 0.493 e. The maximum absolute atomic E-state index is 11.5. The third-order valence-electron chi connectivity index (χ3n) is 9.38. The minimum absolute atomic E-state index is 0. The first-order valence-corrected chi connectivity index (χ1v) is 18.7. The SMILES string of the molecule is Cc1ccc(-c2nn(-c3ccccc3)c(O)c2C=Nc2ccccc2C(=O)O)cc1.Cc1ccc(-c2nn(-c3ccccc3)c(O)c2C=Nc2ccccc2C(=O)O)cc1.[Co]. The summed E-state index contributed by atoms with van der Waals surface area (Å²) in [6.45, 7) is 3.99. The van der Waals surface area contributed by atoms with Gasteiger partial charge in [0.05, 0.1) is 45.0 Å². The average Bonchev–Trinajstić information content (AvgIpc) is 3.78. The van der Waals surface area contributed by atoms with Gasteiger partial charge < -0.3 is 20.4 Å². The molecule has 0 bridgehead atoms. The Hall–Kier alpha value is -7.87. The second kappa shape index (κ2) is 19.3. The Balaban J connectivity index is 0.000000201. The molecule has 0 aliphatic heterocycles. The Kier molecular flexibility index (Phi) is 13.5. The van der Waals surface area contributed by atoms with Gasteiger partial charge in [-0.1, -0.05) is 120 Å². The molecule has 2 aromatic heterocycles. The Morgan fingerprint density at radius 3 is 1.16 bits per heavy atom. The topological polar surface area (TPSA) is 175 Å². The molecular weight excluding hydrogens is 815 g/mol. The molecule has 0 atom stereocenters. The van der Waals surface area contributed by atoms with Crippen LogP contribution in [0.1, 0.15) is 43.0 Å². The molecule has 305 valence electrons. The monoisotopic (exact) mass is 853 g/mol. The summed E-state index contributed by atoms with van der Waals surface area (Å²) in [6.07, 6.45) is 2.91. The van der Waals surface area contributed by atoms with E-state index < -0.39 is 11.9 Å². The standard InChI is InChI=1S/2C24H19N3O3.Co/c2*1-16-11-13-17(14-12-16)22-20(15-25-21-10-6-5-9-19(21)24(29)30)23(28)27(26-22)18-7-3-2-4-8-18;/h2*2-15,28H,1H3,(H,29,30);. The molecule has 8 aromatic rings. The summed E-state index contributed by atoms with van der Waals surface area (Å²) < 4.78 is 2.89. The zero-order chi connectivity index (χ0) is 42.2. The molecule has 13 heteroatoms. The minimum atomic E-state index is -1.06. The van der Waals surface area contributed by atoms with Crippen molar-refractivity contribution < 1.29 is 46.8 Å². The van der Waals surface area contributed by atoms with Crippen molar-refractivity contribution in [2.45, 2.75) is 13.8 Å². The molecule has 0 saturated heterocycles. The maximum Gasteiger partial charge on any atom is 0.337 e. The van der Waals surface area contributed by atoms with Crippen molar-refractivity contribution >= 4 is 35.7 Å². The van der Waals surface area contributed by atoms with Gasteiger partial charge in [0.2, 0.25) is 11.8 Å². The maximum atomic E-state index is 11.5.